The van der Waals surface area contributed by atoms with Crippen LogP contribution in [-0.2, 0) is 14.9 Å². The molecule has 0 aromatic carbocycles. The van der Waals surface area contributed by atoms with E-state index in [1.807, 2.05) is 13.8 Å². The molecule has 0 aliphatic heterocycles. The van der Waals surface area contributed by atoms with Crippen molar-refractivity contribution in [1.82, 2.24) is 4.90 Å². The molecule has 7 heteroatoms. The van der Waals surface area contributed by atoms with E-state index < -0.39 is 21.8 Å². The molecule has 0 heterocycles. The van der Waals surface area contributed by atoms with Gasteiger partial charge in [-0.05, 0) is 13.8 Å². The second-order valence-electron chi connectivity index (χ2n) is 3.32. The maximum absolute atomic E-state index is 10.6. The summed E-state index contributed by atoms with van der Waals surface area (Å²) in [4.78, 5) is 12.2. The van der Waals surface area contributed by atoms with Crippen LogP contribution in [0.1, 0.15) is 13.8 Å². The maximum Gasteiger partial charge on any atom is 0.266 e. The second kappa shape index (κ2) is 5.28. The molecule has 84 valence electrons. The van der Waals surface area contributed by atoms with E-state index in [4.69, 9.17) is 10.3 Å². The monoisotopic (exact) mass is 224 g/mol. The third-order valence-corrected chi connectivity index (χ3v) is 2.42. The lowest BCUT2D eigenvalue weighted by Gasteiger charge is -2.23. The van der Waals surface area contributed by atoms with Crippen molar-refractivity contribution in [3.8, 4) is 0 Å². The van der Waals surface area contributed by atoms with Crippen molar-refractivity contribution in [3.63, 3.8) is 0 Å². The SMILES string of the molecule is CC(C)N(CCS(=O)(=O)O)CC(N)=O. The fourth-order valence-corrected chi connectivity index (χ4v) is 1.42. The minimum atomic E-state index is -3.98. The van der Waals surface area contributed by atoms with Gasteiger partial charge in [0.25, 0.3) is 10.1 Å². The number of carbonyl (C=O) groups excluding carboxylic acids is 1. The molecular weight excluding hydrogens is 208 g/mol. The van der Waals surface area contributed by atoms with E-state index >= 15 is 0 Å². The molecule has 0 rings (SSSR count). The highest BCUT2D eigenvalue weighted by atomic mass is 32.2. The topological polar surface area (TPSA) is 101 Å². The summed E-state index contributed by atoms with van der Waals surface area (Å²) in [5.41, 5.74) is 4.98. The first-order valence-corrected chi connectivity index (χ1v) is 5.81. The Bertz CT molecular complexity index is 286. The molecule has 0 aromatic rings. The number of hydrogen-bond donors (Lipinski definition) is 2. The van der Waals surface area contributed by atoms with Crippen LogP contribution < -0.4 is 5.73 Å². The van der Waals surface area contributed by atoms with Crippen molar-refractivity contribution in [2.24, 2.45) is 5.73 Å². The van der Waals surface area contributed by atoms with E-state index in [2.05, 4.69) is 0 Å². The molecule has 0 aliphatic carbocycles. The van der Waals surface area contributed by atoms with Crippen LogP contribution in [0.4, 0.5) is 0 Å². The van der Waals surface area contributed by atoms with Crippen LogP contribution >= 0.6 is 0 Å². The predicted molar refractivity (Wildman–Crippen MR) is 52.3 cm³/mol. The van der Waals surface area contributed by atoms with Crippen molar-refractivity contribution in [1.29, 1.82) is 0 Å². The molecule has 0 radical (unpaired) electrons. The Hall–Kier alpha value is -0.660. The van der Waals surface area contributed by atoms with Crippen LogP contribution in [0.15, 0.2) is 0 Å². The normalized spacial score (nSPS) is 12.4. The lowest BCUT2D eigenvalue weighted by Crippen LogP contribution is -2.41. The summed E-state index contributed by atoms with van der Waals surface area (Å²) in [7, 11) is -3.98. The first kappa shape index (κ1) is 13.3. The number of nitrogens with two attached hydrogens (primary N) is 1. The summed E-state index contributed by atoms with van der Waals surface area (Å²) in [6.07, 6.45) is 0. The van der Waals surface area contributed by atoms with E-state index in [0.29, 0.717) is 0 Å². The largest absolute Gasteiger partial charge is 0.369 e. The Balaban J connectivity index is 4.18. The smallest absolute Gasteiger partial charge is 0.266 e. The van der Waals surface area contributed by atoms with Gasteiger partial charge in [0.1, 0.15) is 0 Å². The summed E-state index contributed by atoms with van der Waals surface area (Å²) >= 11 is 0. The molecule has 0 unspecified atom stereocenters. The number of hydrogen-bond acceptors (Lipinski definition) is 4. The maximum atomic E-state index is 10.6. The molecular formula is C7H16N2O4S. The van der Waals surface area contributed by atoms with Crippen LogP contribution in [0.2, 0.25) is 0 Å². The number of amides is 1. The van der Waals surface area contributed by atoms with Gasteiger partial charge >= 0.3 is 0 Å². The van der Waals surface area contributed by atoms with E-state index in [0.717, 1.165) is 0 Å². The Morgan fingerprint density at radius 1 is 1.50 bits per heavy atom. The van der Waals surface area contributed by atoms with Gasteiger partial charge in [0.15, 0.2) is 0 Å². The molecule has 0 atom stereocenters. The van der Waals surface area contributed by atoms with Gasteiger partial charge in [-0.3, -0.25) is 14.2 Å². The zero-order chi connectivity index (χ0) is 11.4. The van der Waals surface area contributed by atoms with E-state index in [9.17, 15) is 13.2 Å². The molecule has 0 bridgehead atoms. The van der Waals surface area contributed by atoms with Gasteiger partial charge in [-0.2, -0.15) is 8.42 Å². The molecule has 6 nitrogen and oxygen atoms in total. The van der Waals surface area contributed by atoms with Gasteiger partial charge in [0.05, 0.1) is 12.3 Å². The molecule has 0 aliphatic rings. The van der Waals surface area contributed by atoms with Crippen molar-refractivity contribution < 1.29 is 17.8 Å². The van der Waals surface area contributed by atoms with E-state index in [-0.39, 0.29) is 19.1 Å². The number of carbonyl (C=O) groups is 1. The third-order valence-electron chi connectivity index (χ3n) is 1.73. The quantitative estimate of drug-likeness (QED) is 0.568. The highest BCUT2D eigenvalue weighted by Crippen LogP contribution is 1.98. The van der Waals surface area contributed by atoms with Crippen LogP contribution in [0.3, 0.4) is 0 Å². The number of primary amides is 1. The summed E-state index contributed by atoms with van der Waals surface area (Å²) in [6, 6.07) is 0.00394. The summed E-state index contributed by atoms with van der Waals surface area (Å²) in [5, 5.41) is 0. The zero-order valence-electron chi connectivity index (χ0n) is 8.30. The summed E-state index contributed by atoms with van der Waals surface area (Å²) in [5.74, 6) is -0.910. The average Bonchev–Trinajstić information content (AvgIpc) is 1.94. The Labute approximate surface area is 83.8 Å². The first-order chi connectivity index (χ1) is 6.22. The van der Waals surface area contributed by atoms with Gasteiger partial charge in [-0.25, -0.2) is 0 Å². The van der Waals surface area contributed by atoms with Crippen molar-refractivity contribution in [2.45, 2.75) is 19.9 Å². The van der Waals surface area contributed by atoms with Crippen LogP contribution in [0.25, 0.3) is 0 Å². The van der Waals surface area contributed by atoms with Crippen molar-refractivity contribution in [3.05, 3.63) is 0 Å². The lowest BCUT2D eigenvalue weighted by molar-refractivity contribution is -0.119. The minimum absolute atomic E-state index is 0.00394. The standard InChI is InChI=1S/C7H16N2O4S/c1-6(2)9(5-7(8)10)3-4-14(11,12)13/h6H,3-5H2,1-2H3,(H2,8,10)(H,11,12,13). The molecule has 0 spiro atoms. The highest BCUT2D eigenvalue weighted by molar-refractivity contribution is 7.85. The molecule has 3 N–H and O–H groups in total. The average molecular weight is 224 g/mol. The third kappa shape index (κ3) is 6.81. The molecule has 0 saturated carbocycles. The molecule has 0 fully saturated rings. The summed E-state index contributed by atoms with van der Waals surface area (Å²) in [6.45, 7) is 3.71. The Kier molecular flexibility index (Phi) is 5.03. The number of rotatable bonds is 6. The fourth-order valence-electron chi connectivity index (χ4n) is 0.953. The minimum Gasteiger partial charge on any atom is -0.369 e. The van der Waals surface area contributed by atoms with Gasteiger partial charge in [-0.1, -0.05) is 0 Å². The molecule has 0 aromatic heterocycles. The Morgan fingerprint density at radius 3 is 2.29 bits per heavy atom. The van der Waals surface area contributed by atoms with E-state index in [1.54, 1.807) is 4.90 Å². The zero-order valence-corrected chi connectivity index (χ0v) is 9.12. The Morgan fingerprint density at radius 2 is 2.00 bits per heavy atom. The van der Waals surface area contributed by atoms with Crippen molar-refractivity contribution >= 4 is 16.0 Å². The fraction of sp³-hybridized carbons (Fsp3) is 0.857. The van der Waals surface area contributed by atoms with Crippen molar-refractivity contribution in [2.75, 3.05) is 18.8 Å². The van der Waals surface area contributed by atoms with Gasteiger partial charge in [-0.15, -0.1) is 0 Å². The van der Waals surface area contributed by atoms with E-state index in [1.165, 1.54) is 0 Å². The lowest BCUT2D eigenvalue weighted by atomic mass is 10.3. The van der Waals surface area contributed by atoms with Gasteiger partial charge in [0, 0.05) is 12.6 Å². The number of nitrogens with zero attached hydrogens (tertiary/aromatic N) is 1. The molecule has 14 heavy (non-hydrogen) atoms. The van der Waals surface area contributed by atoms with Gasteiger partial charge < -0.3 is 5.73 Å². The first-order valence-electron chi connectivity index (χ1n) is 4.20. The van der Waals surface area contributed by atoms with Crippen LogP contribution in [0.5, 0.6) is 0 Å². The predicted octanol–water partition coefficient (Wildman–Crippen LogP) is -0.930. The molecule has 1 amide bonds. The molecule has 0 saturated heterocycles. The highest BCUT2D eigenvalue weighted by Gasteiger charge is 2.15. The second-order valence-corrected chi connectivity index (χ2v) is 4.89. The van der Waals surface area contributed by atoms with Crippen LogP contribution in [0, 0.1) is 0 Å². The van der Waals surface area contributed by atoms with Crippen LogP contribution in [-0.4, -0.2) is 48.7 Å². The summed E-state index contributed by atoms with van der Waals surface area (Å²) < 4.78 is 29.4. The van der Waals surface area contributed by atoms with Gasteiger partial charge in [0.2, 0.25) is 5.91 Å².